The molecule has 1 heterocycles. The zero-order valence-electron chi connectivity index (χ0n) is 12.3. The van der Waals surface area contributed by atoms with E-state index in [9.17, 15) is 9.59 Å². The van der Waals surface area contributed by atoms with Crippen LogP contribution in [0, 0.1) is 6.92 Å². The number of hydrogen-bond acceptors (Lipinski definition) is 5. The van der Waals surface area contributed by atoms with Crippen molar-refractivity contribution < 1.29 is 19.1 Å². The molecule has 1 aromatic heterocycles. The van der Waals surface area contributed by atoms with Crippen LogP contribution < -0.4 is 10.1 Å². The first kappa shape index (κ1) is 15.5. The molecule has 0 saturated heterocycles. The van der Waals surface area contributed by atoms with Crippen LogP contribution in [-0.2, 0) is 9.53 Å². The van der Waals surface area contributed by atoms with Gasteiger partial charge in [0, 0.05) is 6.20 Å². The predicted octanol–water partition coefficient (Wildman–Crippen LogP) is 2.19. The van der Waals surface area contributed by atoms with Crippen molar-refractivity contribution in [2.45, 2.75) is 6.92 Å². The van der Waals surface area contributed by atoms with E-state index in [-0.39, 0.29) is 12.5 Å². The number of carbonyl (C=O) groups excluding carboxylic acids is 2. The number of nitrogens with one attached hydrogen (secondary N) is 1. The van der Waals surface area contributed by atoms with E-state index in [0.29, 0.717) is 17.1 Å². The van der Waals surface area contributed by atoms with Crippen LogP contribution >= 0.6 is 0 Å². The molecule has 0 fully saturated rings. The molecule has 2 rings (SSSR count). The molecule has 0 saturated carbocycles. The number of aryl methyl sites for hydroxylation is 1. The Morgan fingerprint density at radius 2 is 1.91 bits per heavy atom. The number of ether oxygens (including phenoxy) is 2. The smallest absolute Gasteiger partial charge is 0.337 e. The van der Waals surface area contributed by atoms with Crippen molar-refractivity contribution in [3.8, 4) is 5.75 Å². The zero-order valence-corrected chi connectivity index (χ0v) is 12.3. The van der Waals surface area contributed by atoms with Crippen molar-refractivity contribution in [3.63, 3.8) is 0 Å². The third-order valence-electron chi connectivity index (χ3n) is 2.83. The van der Waals surface area contributed by atoms with Crippen LogP contribution in [-0.4, -0.2) is 30.6 Å². The highest BCUT2D eigenvalue weighted by atomic mass is 16.5. The molecule has 6 heteroatoms. The van der Waals surface area contributed by atoms with Crippen LogP contribution in [0.5, 0.6) is 5.75 Å². The van der Waals surface area contributed by atoms with Gasteiger partial charge in [-0.15, -0.1) is 0 Å². The Morgan fingerprint density at radius 1 is 1.18 bits per heavy atom. The second kappa shape index (κ2) is 7.21. The van der Waals surface area contributed by atoms with Crippen molar-refractivity contribution in [1.82, 2.24) is 4.98 Å². The zero-order chi connectivity index (χ0) is 15.9. The number of rotatable bonds is 5. The molecule has 2 aromatic rings. The molecular weight excluding hydrogens is 284 g/mol. The Hall–Kier alpha value is -2.89. The lowest BCUT2D eigenvalue weighted by Gasteiger charge is -2.08. The SMILES string of the molecule is COC(=O)c1ccc(OCC(=O)Nc2cc(C)ccn2)cc1. The molecule has 0 unspecified atom stereocenters. The summed E-state index contributed by atoms with van der Waals surface area (Å²) in [5, 5.41) is 2.64. The minimum absolute atomic E-state index is 0.146. The van der Waals surface area contributed by atoms with Gasteiger partial charge in [0.15, 0.2) is 6.61 Å². The summed E-state index contributed by atoms with van der Waals surface area (Å²) >= 11 is 0. The van der Waals surface area contributed by atoms with Crippen molar-refractivity contribution in [2.75, 3.05) is 19.0 Å². The summed E-state index contributed by atoms with van der Waals surface area (Å²) in [5.74, 6) is 0.236. The van der Waals surface area contributed by atoms with Gasteiger partial charge in [0.25, 0.3) is 5.91 Å². The highest BCUT2D eigenvalue weighted by Gasteiger charge is 2.07. The third kappa shape index (κ3) is 4.31. The van der Waals surface area contributed by atoms with Crippen LogP contribution in [0.15, 0.2) is 42.6 Å². The van der Waals surface area contributed by atoms with Gasteiger partial charge in [0.1, 0.15) is 11.6 Å². The third-order valence-corrected chi connectivity index (χ3v) is 2.83. The molecule has 0 aliphatic carbocycles. The Balaban J connectivity index is 1.87. The maximum absolute atomic E-state index is 11.8. The summed E-state index contributed by atoms with van der Waals surface area (Å²) in [6, 6.07) is 9.95. The molecule has 0 radical (unpaired) electrons. The summed E-state index contributed by atoms with van der Waals surface area (Å²) < 4.78 is 9.95. The normalized spacial score (nSPS) is 9.91. The first-order valence-corrected chi connectivity index (χ1v) is 6.62. The number of hydrogen-bond donors (Lipinski definition) is 1. The van der Waals surface area contributed by atoms with E-state index in [1.54, 1.807) is 36.5 Å². The fourth-order valence-electron chi connectivity index (χ4n) is 1.74. The van der Waals surface area contributed by atoms with Gasteiger partial charge < -0.3 is 14.8 Å². The lowest BCUT2D eigenvalue weighted by atomic mass is 10.2. The fraction of sp³-hybridized carbons (Fsp3) is 0.188. The number of esters is 1. The van der Waals surface area contributed by atoms with Crippen molar-refractivity contribution in [2.24, 2.45) is 0 Å². The summed E-state index contributed by atoms with van der Waals surface area (Å²) in [7, 11) is 1.32. The largest absolute Gasteiger partial charge is 0.484 e. The monoisotopic (exact) mass is 300 g/mol. The Labute approximate surface area is 128 Å². The highest BCUT2D eigenvalue weighted by Crippen LogP contribution is 2.13. The number of methoxy groups -OCH3 is 1. The first-order valence-electron chi connectivity index (χ1n) is 6.62. The van der Waals surface area contributed by atoms with Crippen LogP contribution in [0.3, 0.4) is 0 Å². The number of aromatic nitrogens is 1. The van der Waals surface area contributed by atoms with Gasteiger partial charge in [-0.25, -0.2) is 9.78 Å². The van der Waals surface area contributed by atoms with Gasteiger partial charge in [0.2, 0.25) is 0 Å². The lowest BCUT2D eigenvalue weighted by Crippen LogP contribution is -2.20. The Morgan fingerprint density at radius 3 is 2.55 bits per heavy atom. The van der Waals surface area contributed by atoms with Gasteiger partial charge in [-0.05, 0) is 48.9 Å². The Bertz CT molecular complexity index is 668. The van der Waals surface area contributed by atoms with E-state index >= 15 is 0 Å². The van der Waals surface area contributed by atoms with E-state index in [1.807, 2.05) is 13.0 Å². The van der Waals surface area contributed by atoms with Crippen molar-refractivity contribution in [1.29, 1.82) is 0 Å². The number of anilines is 1. The van der Waals surface area contributed by atoms with Gasteiger partial charge in [0.05, 0.1) is 12.7 Å². The molecule has 22 heavy (non-hydrogen) atoms. The second-order valence-electron chi connectivity index (χ2n) is 4.57. The second-order valence-corrected chi connectivity index (χ2v) is 4.57. The highest BCUT2D eigenvalue weighted by molar-refractivity contribution is 5.91. The summed E-state index contributed by atoms with van der Waals surface area (Å²) in [6.07, 6.45) is 1.62. The molecule has 6 nitrogen and oxygen atoms in total. The summed E-state index contributed by atoms with van der Waals surface area (Å²) in [5.41, 5.74) is 1.42. The summed E-state index contributed by atoms with van der Waals surface area (Å²) in [4.78, 5) is 27.1. The van der Waals surface area contributed by atoms with Crippen LogP contribution in [0.2, 0.25) is 0 Å². The fourth-order valence-corrected chi connectivity index (χ4v) is 1.74. The van der Waals surface area contributed by atoms with Crippen LogP contribution in [0.4, 0.5) is 5.82 Å². The van der Waals surface area contributed by atoms with Gasteiger partial charge in [-0.3, -0.25) is 4.79 Å². The number of nitrogens with zero attached hydrogens (tertiary/aromatic N) is 1. The molecule has 1 amide bonds. The average Bonchev–Trinajstić information content (AvgIpc) is 2.52. The van der Waals surface area contributed by atoms with Gasteiger partial charge in [-0.1, -0.05) is 0 Å². The molecule has 1 aromatic carbocycles. The molecule has 0 bridgehead atoms. The topological polar surface area (TPSA) is 77.5 Å². The number of carbonyl (C=O) groups is 2. The Kier molecular flexibility index (Phi) is 5.08. The maximum Gasteiger partial charge on any atom is 0.337 e. The van der Waals surface area contributed by atoms with Crippen LogP contribution in [0.1, 0.15) is 15.9 Å². The minimum Gasteiger partial charge on any atom is -0.484 e. The van der Waals surface area contributed by atoms with E-state index < -0.39 is 5.97 Å². The van der Waals surface area contributed by atoms with E-state index in [0.717, 1.165) is 5.56 Å². The number of amides is 1. The van der Waals surface area contributed by atoms with Crippen LogP contribution in [0.25, 0.3) is 0 Å². The lowest BCUT2D eigenvalue weighted by molar-refractivity contribution is -0.118. The molecule has 0 atom stereocenters. The van der Waals surface area contributed by atoms with Gasteiger partial charge >= 0.3 is 5.97 Å². The molecule has 114 valence electrons. The van der Waals surface area contributed by atoms with Crippen molar-refractivity contribution >= 4 is 17.7 Å². The van der Waals surface area contributed by atoms with E-state index in [1.165, 1.54) is 7.11 Å². The predicted molar refractivity (Wildman–Crippen MR) is 80.9 cm³/mol. The molecule has 1 N–H and O–H groups in total. The molecular formula is C16H16N2O4. The number of benzene rings is 1. The first-order chi connectivity index (χ1) is 10.6. The standard InChI is InChI=1S/C16H16N2O4/c1-11-7-8-17-14(9-11)18-15(19)10-22-13-5-3-12(4-6-13)16(20)21-2/h3-9H,10H2,1-2H3,(H,17,18,19). The minimum atomic E-state index is -0.421. The average molecular weight is 300 g/mol. The van der Waals surface area contributed by atoms with E-state index in [4.69, 9.17) is 4.74 Å². The number of pyridine rings is 1. The van der Waals surface area contributed by atoms with E-state index in [2.05, 4.69) is 15.0 Å². The molecule has 0 aliphatic heterocycles. The van der Waals surface area contributed by atoms with Crippen molar-refractivity contribution in [3.05, 3.63) is 53.7 Å². The maximum atomic E-state index is 11.8. The molecule has 0 aliphatic rings. The quantitative estimate of drug-likeness (QED) is 0.856. The summed E-state index contributed by atoms with van der Waals surface area (Å²) in [6.45, 7) is 1.77. The molecule has 0 spiro atoms. The van der Waals surface area contributed by atoms with Gasteiger partial charge in [-0.2, -0.15) is 0 Å².